The second-order valence-electron chi connectivity index (χ2n) is 6.54. The average molecular weight is 352 g/mol. The third-order valence-electron chi connectivity index (χ3n) is 4.64. The number of hydrogen-bond donors (Lipinski definition) is 1. The van der Waals surface area contributed by atoms with Crippen LogP contribution in [0.1, 0.15) is 36.5 Å². The zero-order chi connectivity index (χ0) is 18.4. The van der Waals surface area contributed by atoms with Gasteiger partial charge in [0.2, 0.25) is 0 Å². The second kappa shape index (κ2) is 8.52. The molecule has 1 atom stereocenters. The van der Waals surface area contributed by atoms with Crippen LogP contribution in [-0.4, -0.2) is 35.9 Å². The van der Waals surface area contributed by atoms with E-state index in [2.05, 4.69) is 12.2 Å². The lowest BCUT2D eigenvalue weighted by Gasteiger charge is -2.33. The van der Waals surface area contributed by atoms with E-state index >= 15 is 0 Å². The van der Waals surface area contributed by atoms with Gasteiger partial charge in [-0.1, -0.05) is 30.3 Å². The van der Waals surface area contributed by atoms with Crippen molar-refractivity contribution in [1.82, 2.24) is 4.90 Å². The van der Waals surface area contributed by atoms with Gasteiger partial charge in [0.15, 0.2) is 6.61 Å². The number of piperidine rings is 1. The maximum absolute atomic E-state index is 12.5. The molecular weight excluding hydrogens is 328 g/mol. The number of amides is 2. The van der Waals surface area contributed by atoms with Gasteiger partial charge < -0.3 is 15.0 Å². The fraction of sp³-hybridized carbons (Fsp3) is 0.333. The first-order chi connectivity index (χ1) is 12.6. The summed E-state index contributed by atoms with van der Waals surface area (Å²) < 4.78 is 5.71. The van der Waals surface area contributed by atoms with Crippen molar-refractivity contribution in [3.8, 4) is 5.75 Å². The number of carbonyl (C=O) groups is 2. The van der Waals surface area contributed by atoms with E-state index in [1.807, 2.05) is 35.2 Å². The quantitative estimate of drug-likeness (QED) is 0.892. The first-order valence-electron chi connectivity index (χ1n) is 9.03. The van der Waals surface area contributed by atoms with Gasteiger partial charge in [-0.15, -0.1) is 0 Å². The Morgan fingerprint density at radius 1 is 1.08 bits per heavy atom. The maximum Gasteiger partial charge on any atom is 0.260 e. The van der Waals surface area contributed by atoms with Crippen LogP contribution in [-0.2, 0) is 4.79 Å². The van der Waals surface area contributed by atoms with Crippen LogP contribution in [0.25, 0.3) is 0 Å². The molecule has 1 aliphatic rings. The zero-order valence-electron chi connectivity index (χ0n) is 15.0. The van der Waals surface area contributed by atoms with Crippen molar-refractivity contribution in [2.45, 2.75) is 32.2 Å². The zero-order valence-corrected chi connectivity index (χ0v) is 15.0. The molecule has 1 fully saturated rings. The number of anilines is 1. The van der Waals surface area contributed by atoms with E-state index in [1.165, 1.54) is 0 Å². The van der Waals surface area contributed by atoms with Gasteiger partial charge in [0, 0.05) is 18.3 Å². The van der Waals surface area contributed by atoms with E-state index in [-0.39, 0.29) is 24.5 Å². The third-order valence-corrected chi connectivity index (χ3v) is 4.64. The highest BCUT2D eigenvalue weighted by Crippen LogP contribution is 2.21. The van der Waals surface area contributed by atoms with Gasteiger partial charge in [0.05, 0.1) is 5.56 Å². The Bertz CT molecular complexity index is 761. The van der Waals surface area contributed by atoms with Crippen LogP contribution in [0, 0.1) is 0 Å². The third kappa shape index (κ3) is 4.42. The first-order valence-corrected chi connectivity index (χ1v) is 9.03. The maximum atomic E-state index is 12.5. The smallest absolute Gasteiger partial charge is 0.260 e. The number of benzene rings is 2. The normalized spacial score (nSPS) is 16.8. The van der Waals surface area contributed by atoms with Crippen molar-refractivity contribution < 1.29 is 14.3 Å². The Morgan fingerprint density at radius 2 is 1.81 bits per heavy atom. The molecule has 2 amide bonds. The second-order valence-corrected chi connectivity index (χ2v) is 6.54. The summed E-state index contributed by atoms with van der Waals surface area (Å²) in [6.45, 7) is 2.79. The van der Waals surface area contributed by atoms with Gasteiger partial charge >= 0.3 is 0 Å². The van der Waals surface area contributed by atoms with Crippen LogP contribution in [0.3, 0.4) is 0 Å². The number of ether oxygens (including phenoxy) is 1. The fourth-order valence-corrected chi connectivity index (χ4v) is 3.19. The standard InChI is InChI=1S/C21H24N2O3/c1-16-9-7-8-14-23(16)20(24)15-26-19-13-6-5-12-18(19)21(25)22-17-10-3-2-4-11-17/h2-6,10-13,16H,7-9,14-15H2,1H3,(H,22,25)/t16-/m0/s1. The van der Waals surface area contributed by atoms with E-state index in [9.17, 15) is 9.59 Å². The van der Waals surface area contributed by atoms with Crippen molar-refractivity contribution in [3.63, 3.8) is 0 Å². The molecule has 1 saturated heterocycles. The lowest BCUT2D eigenvalue weighted by molar-refractivity contribution is -0.136. The molecule has 136 valence electrons. The van der Waals surface area contributed by atoms with Crippen LogP contribution < -0.4 is 10.1 Å². The lowest BCUT2D eigenvalue weighted by Crippen LogP contribution is -2.44. The van der Waals surface area contributed by atoms with Gasteiger partial charge in [-0.05, 0) is 50.5 Å². The number of carbonyl (C=O) groups excluding carboxylic acids is 2. The summed E-state index contributed by atoms with van der Waals surface area (Å²) in [5, 5.41) is 2.84. The molecule has 0 saturated carbocycles. The van der Waals surface area contributed by atoms with Gasteiger partial charge in [0.1, 0.15) is 5.75 Å². The molecule has 0 aliphatic carbocycles. The molecule has 5 heteroatoms. The molecule has 3 rings (SSSR count). The molecule has 26 heavy (non-hydrogen) atoms. The highest BCUT2D eigenvalue weighted by atomic mass is 16.5. The van der Waals surface area contributed by atoms with E-state index in [0.717, 1.165) is 25.8 Å². The van der Waals surface area contributed by atoms with Crippen molar-refractivity contribution in [2.75, 3.05) is 18.5 Å². The van der Waals surface area contributed by atoms with E-state index in [1.54, 1.807) is 24.3 Å². The SMILES string of the molecule is C[C@H]1CCCCN1C(=O)COc1ccccc1C(=O)Nc1ccccc1. The number of nitrogens with one attached hydrogen (secondary N) is 1. The predicted octanol–water partition coefficient (Wildman–Crippen LogP) is 3.72. The summed E-state index contributed by atoms with van der Waals surface area (Å²) in [5.74, 6) is 0.125. The molecule has 2 aromatic rings. The van der Waals surface area contributed by atoms with Crippen molar-refractivity contribution in [2.24, 2.45) is 0 Å². The Balaban J connectivity index is 1.65. The van der Waals surface area contributed by atoms with E-state index in [4.69, 9.17) is 4.74 Å². The number of hydrogen-bond acceptors (Lipinski definition) is 3. The average Bonchev–Trinajstić information content (AvgIpc) is 2.67. The molecule has 2 aromatic carbocycles. The van der Waals surface area contributed by atoms with Crippen LogP contribution in [0.5, 0.6) is 5.75 Å². The molecule has 1 heterocycles. The molecule has 1 N–H and O–H groups in total. The first kappa shape index (κ1) is 18.0. The van der Waals surface area contributed by atoms with Crippen LogP contribution >= 0.6 is 0 Å². The van der Waals surface area contributed by atoms with Crippen LogP contribution in [0.2, 0.25) is 0 Å². The molecular formula is C21H24N2O3. The van der Waals surface area contributed by atoms with Gasteiger partial charge in [-0.3, -0.25) is 9.59 Å². The highest BCUT2D eigenvalue weighted by molar-refractivity contribution is 6.06. The number of para-hydroxylation sites is 2. The monoisotopic (exact) mass is 352 g/mol. The number of nitrogens with zero attached hydrogens (tertiary/aromatic N) is 1. The molecule has 0 aromatic heterocycles. The summed E-state index contributed by atoms with van der Waals surface area (Å²) >= 11 is 0. The Labute approximate surface area is 154 Å². The van der Waals surface area contributed by atoms with Gasteiger partial charge in [-0.25, -0.2) is 0 Å². The Morgan fingerprint density at radius 3 is 2.58 bits per heavy atom. The molecule has 0 radical (unpaired) electrons. The fourth-order valence-electron chi connectivity index (χ4n) is 3.19. The molecule has 0 unspecified atom stereocenters. The predicted molar refractivity (Wildman–Crippen MR) is 101 cm³/mol. The van der Waals surface area contributed by atoms with Crippen molar-refractivity contribution in [3.05, 3.63) is 60.2 Å². The summed E-state index contributed by atoms with van der Waals surface area (Å²) in [6, 6.07) is 16.5. The minimum atomic E-state index is -0.259. The summed E-state index contributed by atoms with van der Waals surface area (Å²) in [7, 11) is 0. The van der Waals surface area contributed by atoms with E-state index in [0.29, 0.717) is 17.0 Å². The largest absolute Gasteiger partial charge is 0.483 e. The Kier molecular flexibility index (Phi) is 5.89. The number of likely N-dealkylation sites (tertiary alicyclic amines) is 1. The summed E-state index contributed by atoms with van der Waals surface area (Å²) in [4.78, 5) is 26.9. The topological polar surface area (TPSA) is 58.6 Å². The molecule has 0 bridgehead atoms. The van der Waals surface area contributed by atoms with Gasteiger partial charge in [-0.2, -0.15) is 0 Å². The van der Waals surface area contributed by atoms with Crippen LogP contribution in [0.4, 0.5) is 5.69 Å². The van der Waals surface area contributed by atoms with Crippen LogP contribution in [0.15, 0.2) is 54.6 Å². The highest BCUT2D eigenvalue weighted by Gasteiger charge is 2.24. The van der Waals surface area contributed by atoms with Gasteiger partial charge in [0.25, 0.3) is 11.8 Å². The lowest BCUT2D eigenvalue weighted by atomic mass is 10.0. The van der Waals surface area contributed by atoms with E-state index < -0.39 is 0 Å². The molecule has 0 spiro atoms. The number of rotatable bonds is 5. The summed E-state index contributed by atoms with van der Waals surface area (Å²) in [5.41, 5.74) is 1.13. The van der Waals surface area contributed by atoms with Crippen molar-refractivity contribution >= 4 is 17.5 Å². The minimum Gasteiger partial charge on any atom is -0.483 e. The summed E-state index contributed by atoms with van der Waals surface area (Å²) in [6.07, 6.45) is 3.22. The molecule has 1 aliphatic heterocycles. The Hall–Kier alpha value is -2.82. The van der Waals surface area contributed by atoms with Crippen molar-refractivity contribution in [1.29, 1.82) is 0 Å². The molecule has 5 nitrogen and oxygen atoms in total. The minimum absolute atomic E-state index is 0.0320.